The van der Waals surface area contributed by atoms with Crippen molar-refractivity contribution in [3.05, 3.63) is 42.2 Å². The monoisotopic (exact) mass is 528 g/mol. The molecule has 9 nitrogen and oxygen atoms in total. The smallest absolute Gasteiger partial charge is 0.227 e. The molecule has 0 spiro atoms. The predicted molar refractivity (Wildman–Crippen MR) is 144 cm³/mol. The molecule has 4 heterocycles. The number of sulfone groups is 1. The molecule has 1 aromatic carbocycles. The van der Waals surface area contributed by atoms with Gasteiger partial charge in [-0.05, 0) is 41.5 Å². The van der Waals surface area contributed by atoms with E-state index < -0.39 is 22.1 Å². The molecule has 2 atom stereocenters. The summed E-state index contributed by atoms with van der Waals surface area (Å²) in [6.07, 6.45) is 2.74. The Labute approximate surface area is 216 Å². The summed E-state index contributed by atoms with van der Waals surface area (Å²) in [6, 6.07) is 8.00. The molecule has 2 saturated heterocycles. The number of alkyl halides is 1. The third-order valence-electron chi connectivity index (χ3n) is 7.05. The van der Waals surface area contributed by atoms with Gasteiger partial charge >= 0.3 is 0 Å². The van der Waals surface area contributed by atoms with Crippen molar-refractivity contribution >= 4 is 43.9 Å². The number of aliphatic hydroxyl groups is 1. The zero-order valence-electron chi connectivity index (χ0n) is 21.3. The van der Waals surface area contributed by atoms with Gasteiger partial charge in [0.2, 0.25) is 5.95 Å². The molecule has 37 heavy (non-hydrogen) atoms. The largest absolute Gasteiger partial charge is 0.388 e. The van der Waals surface area contributed by atoms with Gasteiger partial charge in [0, 0.05) is 61.8 Å². The molecule has 3 aromatic rings. The first-order chi connectivity index (χ1) is 17.6. The lowest BCUT2D eigenvalue weighted by Gasteiger charge is -2.41. The summed E-state index contributed by atoms with van der Waals surface area (Å²) in [5.41, 5.74) is 2.26. The highest BCUT2D eigenvalue weighted by Crippen LogP contribution is 2.37. The van der Waals surface area contributed by atoms with Gasteiger partial charge in [-0.25, -0.2) is 22.8 Å². The normalized spacial score (nSPS) is 20.9. The van der Waals surface area contributed by atoms with Crippen molar-refractivity contribution in [1.29, 1.82) is 0 Å². The van der Waals surface area contributed by atoms with E-state index in [1.54, 1.807) is 17.2 Å². The van der Waals surface area contributed by atoms with Crippen molar-refractivity contribution in [1.82, 2.24) is 15.0 Å². The van der Waals surface area contributed by atoms with E-state index in [-0.39, 0.29) is 24.6 Å². The Morgan fingerprint density at radius 2 is 1.89 bits per heavy atom. The van der Waals surface area contributed by atoms with E-state index in [2.05, 4.69) is 51.1 Å². The molecule has 2 aliphatic rings. The van der Waals surface area contributed by atoms with Gasteiger partial charge in [0.05, 0.1) is 5.75 Å². The van der Waals surface area contributed by atoms with Crippen LogP contribution in [0.3, 0.4) is 0 Å². The number of fused-ring (bicyclic) bond motifs is 1. The number of anilines is 4. The molecule has 2 N–H and O–H groups in total. The highest BCUT2D eigenvalue weighted by Gasteiger charge is 2.31. The summed E-state index contributed by atoms with van der Waals surface area (Å²) in [4.78, 5) is 17.5. The first kappa shape index (κ1) is 25.6. The molecule has 198 valence electrons. The van der Waals surface area contributed by atoms with Crippen LogP contribution in [0, 0.1) is 5.92 Å². The number of hydrogen-bond donors (Lipinski definition) is 2. The number of nitrogens with one attached hydrogen (secondary N) is 1. The minimum absolute atomic E-state index is 0.146. The van der Waals surface area contributed by atoms with Crippen molar-refractivity contribution in [2.75, 3.05) is 53.3 Å². The van der Waals surface area contributed by atoms with Crippen molar-refractivity contribution < 1.29 is 17.9 Å². The van der Waals surface area contributed by atoms with E-state index in [1.165, 1.54) is 11.8 Å². The number of aromatic nitrogens is 3. The summed E-state index contributed by atoms with van der Waals surface area (Å²) in [5.74, 6) is 2.29. The van der Waals surface area contributed by atoms with E-state index in [0.717, 1.165) is 16.5 Å². The van der Waals surface area contributed by atoms with Crippen molar-refractivity contribution in [2.24, 2.45) is 5.92 Å². The predicted octanol–water partition coefficient (Wildman–Crippen LogP) is 3.28. The number of nitrogens with zero attached hydrogens (tertiary/aromatic N) is 5. The van der Waals surface area contributed by atoms with Gasteiger partial charge in [-0.1, -0.05) is 19.9 Å². The second-order valence-electron chi connectivity index (χ2n) is 10.5. The quantitative estimate of drug-likeness (QED) is 0.477. The molecule has 0 aliphatic carbocycles. The van der Waals surface area contributed by atoms with E-state index in [4.69, 9.17) is 0 Å². The maximum atomic E-state index is 13.7. The number of benzene rings is 1. The summed E-state index contributed by atoms with van der Waals surface area (Å²) in [6.45, 7) is 6.32. The molecule has 0 bridgehead atoms. The van der Waals surface area contributed by atoms with Crippen LogP contribution in [-0.4, -0.2) is 78.9 Å². The zero-order valence-corrected chi connectivity index (χ0v) is 22.1. The average molecular weight is 529 g/mol. The maximum Gasteiger partial charge on any atom is 0.227 e. The Kier molecular flexibility index (Phi) is 6.93. The van der Waals surface area contributed by atoms with Crippen molar-refractivity contribution in [2.45, 2.75) is 38.5 Å². The van der Waals surface area contributed by atoms with Crippen LogP contribution in [0.5, 0.6) is 0 Å². The van der Waals surface area contributed by atoms with Crippen LogP contribution in [-0.2, 0) is 9.84 Å². The molecule has 5 rings (SSSR count). The number of pyridine rings is 1. The van der Waals surface area contributed by atoms with Gasteiger partial charge in [0.1, 0.15) is 33.7 Å². The topological polar surface area (TPSA) is 112 Å². The van der Waals surface area contributed by atoms with Crippen LogP contribution in [0.1, 0.15) is 31.7 Å². The second-order valence-corrected chi connectivity index (χ2v) is 12.7. The summed E-state index contributed by atoms with van der Waals surface area (Å²) in [5, 5.41) is 15.3. The molecule has 2 fully saturated rings. The third kappa shape index (κ3) is 5.62. The Hall–Kier alpha value is -3.05. The fourth-order valence-electron chi connectivity index (χ4n) is 5.18. The van der Waals surface area contributed by atoms with Crippen LogP contribution >= 0.6 is 0 Å². The Morgan fingerprint density at radius 1 is 1.11 bits per heavy atom. The zero-order chi connectivity index (χ0) is 26.3. The van der Waals surface area contributed by atoms with Crippen LogP contribution in [0.2, 0.25) is 0 Å². The second kappa shape index (κ2) is 10.0. The lowest BCUT2D eigenvalue weighted by atomic mass is 9.93. The van der Waals surface area contributed by atoms with E-state index >= 15 is 0 Å². The fraction of sp³-hybridized carbons (Fsp3) is 0.500. The molecule has 0 saturated carbocycles. The number of aliphatic hydroxyl groups excluding tert-OH is 1. The number of piperidine rings is 1. The molecular weight excluding hydrogens is 495 g/mol. The van der Waals surface area contributed by atoms with Gasteiger partial charge in [0.15, 0.2) is 0 Å². The minimum Gasteiger partial charge on any atom is -0.388 e. The number of halogens is 1. The molecule has 2 aromatic heterocycles. The van der Waals surface area contributed by atoms with Crippen molar-refractivity contribution in [3.63, 3.8) is 0 Å². The lowest BCUT2D eigenvalue weighted by molar-refractivity contribution is 0.0640. The SMILES string of the molecule is CC(C)c1ccc(N2CC(CS(C)(=O)=O)C2)c2cnc(Nc3ccnc(N4CC[C@H](F)[C@H](O)C4)n3)cc12. The number of hydrogen-bond acceptors (Lipinski definition) is 9. The van der Waals surface area contributed by atoms with E-state index in [0.29, 0.717) is 43.1 Å². The van der Waals surface area contributed by atoms with Gasteiger partial charge in [-0.3, -0.25) is 0 Å². The van der Waals surface area contributed by atoms with E-state index in [1.807, 2.05) is 12.3 Å². The van der Waals surface area contributed by atoms with Crippen LogP contribution in [0.25, 0.3) is 10.8 Å². The highest BCUT2D eigenvalue weighted by molar-refractivity contribution is 7.90. The molecule has 2 aliphatic heterocycles. The summed E-state index contributed by atoms with van der Waals surface area (Å²) >= 11 is 0. The Bertz CT molecular complexity index is 1400. The first-order valence-electron chi connectivity index (χ1n) is 12.6. The van der Waals surface area contributed by atoms with Gasteiger partial charge in [-0.2, -0.15) is 4.98 Å². The Morgan fingerprint density at radius 3 is 2.59 bits per heavy atom. The Balaban J connectivity index is 1.39. The average Bonchev–Trinajstić information content (AvgIpc) is 2.82. The molecule has 0 amide bonds. The van der Waals surface area contributed by atoms with Crippen LogP contribution in [0.4, 0.5) is 27.7 Å². The minimum atomic E-state index is -2.99. The standard InChI is InChI=1S/C26H33FN6O3S/c1-16(2)18-4-5-22(33-12-17(13-33)15-37(3,35)36)20-11-29-25(10-19(18)20)30-24-6-8-28-26(31-24)32-9-7-21(27)23(34)14-32/h4-6,8,10-11,16-17,21,23,34H,7,9,12-15H2,1-3H3,(H,28,29,30,31)/t21-,23+/m0/s1. The third-order valence-corrected chi connectivity index (χ3v) is 8.13. The highest BCUT2D eigenvalue weighted by atomic mass is 32.2. The van der Waals surface area contributed by atoms with Crippen LogP contribution < -0.4 is 15.1 Å². The van der Waals surface area contributed by atoms with Gasteiger partial charge in [-0.15, -0.1) is 0 Å². The van der Waals surface area contributed by atoms with E-state index in [9.17, 15) is 17.9 Å². The fourth-order valence-corrected chi connectivity index (χ4v) is 6.25. The molecular formula is C26H33FN6O3S. The van der Waals surface area contributed by atoms with Gasteiger partial charge < -0.3 is 20.2 Å². The first-order valence-corrected chi connectivity index (χ1v) is 14.7. The molecule has 0 radical (unpaired) electrons. The summed E-state index contributed by atoms with van der Waals surface area (Å²) < 4.78 is 37.0. The lowest BCUT2D eigenvalue weighted by Crippen LogP contribution is -2.49. The number of β-amino-alcohol motifs (C(OH)–C–C–N with tert-alkyl or cyclic N) is 1. The summed E-state index contributed by atoms with van der Waals surface area (Å²) in [7, 11) is -2.99. The van der Waals surface area contributed by atoms with Crippen molar-refractivity contribution in [3.8, 4) is 0 Å². The maximum absolute atomic E-state index is 13.7. The molecule has 0 unspecified atom stereocenters. The van der Waals surface area contributed by atoms with Gasteiger partial charge in [0.25, 0.3) is 0 Å². The number of rotatable bonds is 7. The van der Waals surface area contributed by atoms with Crippen LogP contribution in [0.15, 0.2) is 36.7 Å². The molecule has 11 heteroatoms.